The lowest BCUT2D eigenvalue weighted by atomic mass is 10.1. The highest BCUT2D eigenvalue weighted by atomic mass is 16.1. The normalized spacial score (nSPS) is 15.4. The first kappa shape index (κ1) is 18.3. The summed E-state index contributed by atoms with van der Waals surface area (Å²) < 4.78 is 1.72. The van der Waals surface area contributed by atoms with Crippen LogP contribution in [0.15, 0.2) is 0 Å². The first-order valence-corrected chi connectivity index (χ1v) is 8.88. The minimum atomic E-state index is -0.171. The molecule has 26 heavy (non-hydrogen) atoms. The molecule has 2 aromatic heterocycles. The van der Waals surface area contributed by atoms with Crippen LogP contribution in [0.5, 0.6) is 0 Å². The number of aryl methyl sites for hydroxylation is 4. The van der Waals surface area contributed by atoms with Gasteiger partial charge in [0, 0.05) is 38.9 Å². The first-order chi connectivity index (χ1) is 12.3. The van der Waals surface area contributed by atoms with Gasteiger partial charge in [-0.15, -0.1) is 0 Å². The van der Waals surface area contributed by atoms with Crippen molar-refractivity contribution in [3.63, 3.8) is 0 Å². The van der Waals surface area contributed by atoms with Crippen LogP contribution in [-0.2, 0) is 7.05 Å². The lowest BCUT2D eigenvalue weighted by Gasteiger charge is -2.32. The van der Waals surface area contributed by atoms with Crippen molar-refractivity contribution < 1.29 is 4.79 Å². The van der Waals surface area contributed by atoms with Gasteiger partial charge in [-0.3, -0.25) is 9.48 Å². The van der Waals surface area contributed by atoms with Gasteiger partial charge in [0.1, 0.15) is 0 Å². The summed E-state index contributed by atoms with van der Waals surface area (Å²) >= 11 is 0. The van der Waals surface area contributed by atoms with E-state index in [0.717, 1.165) is 49.2 Å². The molecule has 1 N–H and O–H groups in total. The molecule has 0 aromatic carbocycles. The number of carbonyl (C=O) groups excluding carboxylic acids is 1. The smallest absolute Gasteiger partial charge is 0.259 e. The summed E-state index contributed by atoms with van der Waals surface area (Å²) in [6.45, 7) is 11.4. The van der Waals surface area contributed by atoms with Crippen molar-refractivity contribution in [1.29, 1.82) is 0 Å². The molecule has 0 unspecified atom stereocenters. The highest BCUT2D eigenvalue weighted by Gasteiger charge is 2.22. The summed E-state index contributed by atoms with van der Waals surface area (Å²) in [7, 11) is 3.96. The molecule has 0 spiro atoms. The number of likely N-dealkylation sites (N-methyl/N-ethyl adjacent to an activating group) is 1. The van der Waals surface area contributed by atoms with Crippen LogP contribution in [0.1, 0.15) is 33.1 Å². The number of hydrogen-bond acceptors (Lipinski definition) is 6. The molecular formula is C18H27N7O. The zero-order valence-electron chi connectivity index (χ0n) is 16.4. The number of carbonyl (C=O) groups is 1. The molecule has 1 aliphatic heterocycles. The SMILES string of the molecule is Cc1nc(N2CCN(C)CC2)nc(C)c1NC(=O)c1c(C)nn(C)c1C. The molecule has 3 rings (SSSR count). The third kappa shape index (κ3) is 3.41. The molecule has 8 heteroatoms. The number of piperazine rings is 1. The number of nitrogens with one attached hydrogen (secondary N) is 1. The van der Waals surface area contributed by atoms with Gasteiger partial charge in [-0.2, -0.15) is 5.10 Å². The molecular weight excluding hydrogens is 330 g/mol. The van der Waals surface area contributed by atoms with Gasteiger partial charge in [0.15, 0.2) is 0 Å². The van der Waals surface area contributed by atoms with Gasteiger partial charge >= 0.3 is 0 Å². The number of anilines is 2. The van der Waals surface area contributed by atoms with Crippen molar-refractivity contribution in [3.05, 3.63) is 28.3 Å². The Bertz CT molecular complexity index is 811. The third-order valence-corrected chi connectivity index (χ3v) is 5.02. The molecule has 0 aliphatic carbocycles. The van der Waals surface area contributed by atoms with E-state index in [9.17, 15) is 4.79 Å². The Balaban J connectivity index is 1.83. The molecule has 140 valence electrons. The molecule has 3 heterocycles. The van der Waals surface area contributed by atoms with Crippen LogP contribution in [0.4, 0.5) is 11.6 Å². The lowest BCUT2D eigenvalue weighted by molar-refractivity contribution is 0.102. The van der Waals surface area contributed by atoms with Gasteiger partial charge in [0.05, 0.1) is 28.3 Å². The standard InChI is InChI=1S/C18H27N7O/c1-11-15(14(4)24(6)22-11)17(26)21-16-12(2)19-18(20-13(16)3)25-9-7-23(5)8-10-25/h7-10H2,1-6H3,(H,21,26). The van der Waals surface area contributed by atoms with Crippen molar-refractivity contribution in [2.75, 3.05) is 43.4 Å². The lowest BCUT2D eigenvalue weighted by Crippen LogP contribution is -2.45. The average Bonchev–Trinajstić information content (AvgIpc) is 2.83. The molecule has 2 aromatic rings. The number of aromatic nitrogens is 4. The molecule has 1 amide bonds. The van der Waals surface area contributed by atoms with Crippen molar-refractivity contribution in [1.82, 2.24) is 24.6 Å². The second-order valence-electron chi connectivity index (χ2n) is 6.98. The van der Waals surface area contributed by atoms with E-state index in [1.165, 1.54) is 0 Å². The van der Waals surface area contributed by atoms with E-state index in [0.29, 0.717) is 16.9 Å². The molecule has 0 bridgehead atoms. The third-order valence-electron chi connectivity index (χ3n) is 5.02. The van der Waals surface area contributed by atoms with E-state index in [2.05, 4.69) is 37.2 Å². The number of nitrogens with zero attached hydrogens (tertiary/aromatic N) is 6. The van der Waals surface area contributed by atoms with Gasteiger partial charge in [0.2, 0.25) is 5.95 Å². The van der Waals surface area contributed by atoms with Crippen molar-refractivity contribution in [2.45, 2.75) is 27.7 Å². The van der Waals surface area contributed by atoms with Gasteiger partial charge in [-0.25, -0.2) is 9.97 Å². The number of amides is 1. The van der Waals surface area contributed by atoms with Crippen molar-refractivity contribution in [2.24, 2.45) is 7.05 Å². The Morgan fingerprint density at radius 3 is 2.00 bits per heavy atom. The van der Waals surface area contributed by atoms with Crippen LogP contribution in [0, 0.1) is 27.7 Å². The van der Waals surface area contributed by atoms with Gasteiger partial charge in [-0.05, 0) is 34.7 Å². The summed E-state index contributed by atoms with van der Waals surface area (Å²) in [5.74, 6) is 0.565. The summed E-state index contributed by atoms with van der Waals surface area (Å²) in [6, 6.07) is 0. The fourth-order valence-corrected chi connectivity index (χ4v) is 3.31. The van der Waals surface area contributed by atoms with E-state index in [1.807, 2.05) is 34.7 Å². The van der Waals surface area contributed by atoms with Crippen molar-refractivity contribution >= 4 is 17.5 Å². The van der Waals surface area contributed by atoms with E-state index in [-0.39, 0.29) is 5.91 Å². The maximum Gasteiger partial charge on any atom is 0.259 e. The topological polar surface area (TPSA) is 79.2 Å². The monoisotopic (exact) mass is 357 g/mol. The minimum Gasteiger partial charge on any atom is -0.338 e. The summed E-state index contributed by atoms with van der Waals surface area (Å²) in [4.78, 5) is 26.5. The van der Waals surface area contributed by atoms with Crippen molar-refractivity contribution in [3.8, 4) is 0 Å². The first-order valence-electron chi connectivity index (χ1n) is 8.88. The predicted octanol–water partition coefficient (Wildman–Crippen LogP) is 1.45. The Morgan fingerprint density at radius 1 is 0.923 bits per heavy atom. The van der Waals surface area contributed by atoms with Crippen LogP contribution in [0.3, 0.4) is 0 Å². The van der Waals surface area contributed by atoms with Crippen LogP contribution in [0.2, 0.25) is 0 Å². The minimum absolute atomic E-state index is 0.171. The van der Waals surface area contributed by atoms with Crippen LogP contribution in [-0.4, -0.2) is 63.8 Å². The Labute approximate surface area is 154 Å². The molecule has 0 radical (unpaired) electrons. The Kier molecular flexibility index (Phi) is 4.95. The molecule has 8 nitrogen and oxygen atoms in total. The second-order valence-corrected chi connectivity index (χ2v) is 6.98. The maximum atomic E-state index is 12.8. The maximum absolute atomic E-state index is 12.8. The Morgan fingerprint density at radius 2 is 1.50 bits per heavy atom. The number of hydrogen-bond donors (Lipinski definition) is 1. The van der Waals surface area contributed by atoms with Gasteiger partial charge < -0.3 is 15.1 Å². The van der Waals surface area contributed by atoms with Crippen LogP contribution < -0.4 is 10.2 Å². The predicted molar refractivity (Wildman–Crippen MR) is 102 cm³/mol. The zero-order valence-corrected chi connectivity index (χ0v) is 16.4. The largest absolute Gasteiger partial charge is 0.338 e. The highest BCUT2D eigenvalue weighted by Crippen LogP contribution is 2.23. The molecule has 1 aliphatic rings. The van der Waals surface area contributed by atoms with Gasteiger partial charge in [0.25, 0.3) is 5.91 Å². The summed E-state index contributed by atoms with van der Waals surface area (Å²) in [5, 5.41) is 7.30. The molecule has 1 saturated heterocycles. The highest BCUT2D eigenvalue weighted by molar-refractivity contribution is 6.06. The summed E-state index contributed by atoms with van der Waals surface area (Å²) in [5.41, 5.74) is 4.39. The van der Waals surface area contributed by atoms with Gasteiger partial charge in [-0.1, -0.05) is 0 Å². The van der Waals surface area contributed by atoms with E-state index in [1.54, 1.807) is 4.68 Å². The average molecular weight is 357 g/mol. The second kappa shape index (κ2) is 7.03. The quantitative estimate of drug-likeness (QED) is 0.896. The molecule has 1 fully saturated rings. The van der Waals surface area contributed by atoms with E-state index >= 15 is 0 Å². The fraction of sp³-hybridized carbons (Fsp3) is 0.556. The van der Waals surface area contributed by atoms with E-state index in [4.69, 9.17) is 0 Å². The number of rotatable bonds is 3. The van der Waals surface area contributed by atoms with Crippen LogP contribution in [0.25, 0.3) is 0 Å². The van der Waals surface area contributed by atoms with E-state index < -0.39 is 0 Å². The fourth-order valence-electron chi connectivity index (χ4n) is 3.31. The zero-order chi connectivity index (χ0) is 19.0. The molecule has 0 atom stereocenters. The summed E-state index contributed by atoms with van der Waals surface area (Å²) in [6.07, 6.45) is 0. The Hall–Kier alpha value is -2.48. The molecule has 0 saturated carbocycles. The van der Waals surface area contributed by atoms with Crippen LogP contribution >= 0.6 is 0 Å².